The highest BCUT2D eigenvalue weighted by Gasteiger charge is 2.16. The largest absolute Gasteiger partial charge is 0.309 e. The summed E-state index contributed by atoms with van der Waals surface area (Å²) in [5.41, 5.74) is 2.06. The van der Waals surface area contributed by atoms with E-state index in [2.05, 4.69) is 10.2 Å². The minimum absolute atomic E-state index is 0.124. The summed E-state index contributed by atoms with van der Waals surface area (Å²) < 4.78 is 13.0. The third-order valence-electron chi connectivity index (χ3n) is 3.39. The first-order valence-corrected chi connectivity index (χ1v) is 6.69. The maximum Gasteiger partial charge on any atom is 0.258 e. The highest BCUT2D eigenvalue weighted by Crippen LogP contribution is 2.20. The molecular weight excluding hydrogens is 269 g/mol. The molecule has 0 radical (unpaired) electrons. The van der Waals surface area contributed by atoms with Gasteiger partial charge >= 0.3 is 0 Å². The van der Waals surface area contributed by atoms with E-state index in [1.54, 1.807) is 35.4 Å². The van der Waals surface area contributed by atoms with Crippen molar-refractivity contribution in [3.05, 3.63) is 60.0 Å². The van der Waals surface area contributed by atoms with Crippen LogP contribution in [0.4, 0.5) is 10.1 Å². The van der Waals surface area contributed by atoms with E-state index in [1.165, 1.54) is 12.1 Å². The Labute approximate surface area is 121 Å². The predicted octanol–water partition coefficient (Wildman–Crippen LogP) is 3.37. The molecule has 2 aromatic carbocycles. The molecule has 0 saturated carbocycles. The van der Waals surface area contributed by atoms with Crippen LogP contribution in [0.2, 0.25) is 0 Å². The number of benzene rings is 2. The summed E-state index contributed by atoms with van der Waals surface area (Å²) in [5, 5.41) is 7.75. The quantitative estimate of drug-likeness (QED) is 0.801. The van der Waals surface area contributed by atoms with E-state index < -0.39 is 0 Å². The number of nitrogens with zero attached hydrogens (tertiary/aromatic N) is 2. The number of carbonyl (C=O) groups is 1. The van der Waals surface area contributed by atoms with E-state index in [0.29, 0.717) is 17.8 Å². The van der Waals surface area contributed by atoms with Crippen LogP contribution in [0, 0.1) is 5.82 Å². The number of aromatic amines is 1. The Kier molecular flexibility index (Phi) is 3.39. The Bertz CT molecular complexity index is 780. The zero-order valence-electron chi connectivity index (χ0n) is 11.5. The van der Waals surface area contributed by atoms with Crippen LogP contribution in [0.15, 0.2) is 48.7 Å². The van der Waals surface area contributed by atoms with Gasteiger partial charge in [-0.3, -0.25) is 9.89 Å². The van der Waals surface area contributed by atoms with Crippen LogP contribution in [0.1, 0.15) is 17.3 Å². The Morgan fingerprint density at radius 1 is 1.24 bits per heavy atom. The smallest absolute Gasteiger partial charge is 0.258 e. The number of amides is 1. The zero-order valence-corrected chi connectivity index (χ0v) is 11.5. The van der Waals surface area contributed by atoms with Gasteiger partial charge < -0.3 is 4.90 Å². The summed E-state index contributed by atoms with van der Waals surface area (Å²) in [6.07, 6.45) is 1.71. The van der Waals surface area contributed by atoms with E-state index in [9.17, 15) is 9.18 Å². The highest BCUT2D eigenvalue weighted by molar-refractivity contribution is 6.07. The standard InChI is InChI=1S/C16H14FN3O/c1-2-20(14-7-5-13(17)6-8-14)16(21)11-3-4-12-10-18-19-15(12)9-11/h3-10H,2H2,1H3,(H,18,19). The first kappa shape index (κ1) is 13.3. The van der Waals surface area contributed by atoms with Gasteiger partial charge in [-0.15, -0.1) is 0 Å². The Morgan fingerprint density at radius 3 is 2.71 bits per heavy atom. The van der Waals surface area contributed by atoms with Crippen molar-refractivity contribution in [2.45, 2.75) is 6.92 Å². The molecule has 106 valence electrons. The topological polar surface area (TPSA) is 49.0 Å². The van der Waals surface area contributed by atoms with Gasteiger partial charge in [-0.25, -0.2) is 4.39 Å². The van der Waals surface area contributed by atoms with E-state index in [0.717, 1.165) is 10.9 Å². The number of hydrogen-bond donors (Lipinski definition) is 1. The van der Waals surface area contributed by atoms with Gasteiger partial charge in [0, 0.05) is 23.2 Å². The Balaban J connectivity index is 1.95. The molecular formula is C16H14FN3O. The maximum absolute atomic E-state index is 13.0. The molecule has 4 nitrogen and oxygen atoms in total. The lowest BCUT2D eigenvalue weighted by molar-refractivity contribution is 0.0988. The molecule has 5 heteroatoms. The number of rotatable bonds is 3. The van der Waals surface area contributed by atoms with Crippen molar-refractivity contribution in [3.8, 4) is 0 Å². The van der Waals surface area contributed by atoms with E-state index in [-0.39, 0.29) is 11.7 Å². The number of aromatic nitrogens is 2. The summed E-state index contributed by atoms with van der Waals surface area (Å²) in [5.74, 6) is -0.443. The third-order valence-corrected chi connectivity index (χ3v) is 3.39. The molecule has 3 aromatic rings. The highest BCUT2D eigenvalue weighted by atomic mass is 19.1. The summed E-state index contributed by atoms with van der Waals surface area (Å²) in [4.78, 5) is 14.2. The number of halogens is 1. The zero-order chi connectivity index (χ0) is 14.8. The second kappa shape index (κ2) is 5.36. The maximum atomic E-state index is 13.0. The van der Waals surface area contributed by atoms with Gasteiger partial charge in [0.2, 0.25) is 0 Å². The fraction of sp³-hybridized carbons (Fsp3) is 0.125. The second-order valence-electron chi connectivity index (χ2n) is 4.70. The number of fused-ring (bicyclic) bond motifs is 1. The molecule has 0 spiro atoms. The second-order valence-corrected chi connectivity index (χ2v) is 4.70. The average molecular weight is 283 g/mol. The SMILES string of the molecule is CCN(C(=O)c1ccc2cn[nH]c2c1)c1ccc(F)cc1. The van der Waals surface area contributed by atoms with Gasteiger partial charge in [-0.2, -0.15) is 5.10 Å². The van der Waals surface area contributed by atoms with Crippen molar-refractivity contribution in [3.63, 3.8) is 0 Å². The molecule has 1 amide bonds. The van der Waals surface area contributed by atoms with Crippen LogP contribution in [-0.4, -0.2) is 22.6 Å². The molecule has 21 heavy (non-hydrogen) atoms. The minimum atomic E-state index is -0.318. The van der Waals surface area contributed by atoms with E-state index in [4.69, 9.17) is 0 Å². The molecule has 1 N–H and O–H groups in total. The molecule has 0 aliphatic heterocycles. The van der Waals surface area contributed by atoms with Crippen molar-refractivity contribution in [1.29, 1.82) is 0 Å². The first-order chi connectivity index (χ1) is 10.2. The number of carbonyl (C=O) groups excluding carboxylic acids is 1. The van der Waals surface area contributed by atoms with Crippen LogP contribution < -0.4 is 4.90 Å². The fourth-order valence-corrected chi connectivity index (χ4v) is 2.29. The minimum Gasteiger partial charge on any atom is -0.309 e. The normalized spacial score (nSPS) is 10.8. The van der Waals surface area contributed by atoms with Crippen molar-refractivity contribution < 1.29 is 9.18 Å². The molecule has 0 atom stereocenters. The van der Waals surface area contributed by atoms with Crippen LogP contribution in [-0.2, 0) is 0 Å². The lowest BCUT2D eigenvalue weighted by Gasteiger charge is -2.21. The van der Waals surface area contributed by atoms with Crippen LogP contribution >= 0.6 is 0 Å². The van der Waals surface area contributed by atoms with Gasteiger partial charge in [0.15, 0.2) is 0 Å². The molecule has 0 aliphatic carbocycles. The number of hydrogen-bond acceptors (Lipinski definition) is 2. The summed E-state index contributed by atoms with van der Waals surface area (Å²) >= 11 is 0. The average Bonchev–Trinajstić information content (AvgIpc) is 2.97. The molecule has 3 rings (SSSR count). The Hall–Kier alpha value is -2.69. The molecule has 0 saturated heterocycles. The van der Waals surface area contributed by atoms with Gasteiger partial charge in [-0.1, -0.05) is 6.07 Å². The van der Waals surface area contributed by atoms with E-state index >= 15 is 0 Å². The third kappa shape index (κ3) is 2.50. The number of nitrogens with one attached hydrogen (secondary N) is 1. The number of H-pyrrole nitrogens is 1. The summed E-state index contributed by atoms with van der Waals surface area (Å²) in [7, 11) is 0. The molecule has 0 unspecified atom stereocenters. The lowest BCUT2D eigenvalue weighted by Crippen LogP contribution is -2.30. The van der Waals surface area contributed by atoms with Gasteiger partial charge in [0.1, 0.15) is 5.82 Å². The van der Waals surface area contributed by atoms with Crippen molar-refractivity contribution in [2.75, 3.05) is 11.4 Å². The summed E-state index contributed by atoms with van der Waals surface area (Å²) in [6.45, 7) is 2.39. The molecule has 1 heterocycles. The van der Waals surface area contributed by atoms with Crippen LogP contribution in [0.5, 0.6) is 0 Å². The van der Waals surface area contributed by atoms with Crippen molar-refractivity contribution in [1.82, 2.24) is 10.2 Å². The predicted molar refractivity (Wildman–Crippen MR) is 79.8 cm³/mol. The van der Waals surface area contributed by atoms with Crippen LogP contribution in [0.3, 0.4) is 0 Å². The Morgan fingerprint density at radius 2 is 2.00 bits per heavy atom. The van der Waals surface area contributed by atoms with Crippen molar-refractivity contribution in [2.24, 2.45) is 0 Å². The van der Waals surface area contributed by atoms with E-state index in [1.807, 2.05) is 13.0 Å². The van der Waals surface area contributed by atoms with Crippen molar-refractivity contribution >= 4 is 22.5 Å². The van der Waals surface area contributed by atoms with Gasteiger partial charge in [-0.05, 0) is 43.3 Å². The van der Waals surface area contributed by atoms with Gasteiger partial charge in [0.25, 0.3) is 5.91 Å². The van der Waals surface area contributed by atoms with Crippen LogP contribution in [0.25, 0.3) is 10.9 Å². The first-order valence-electron chi connectivity index (χ1n) is 6.69. The molecule has 0 fully saturated rings. The fourth-order valence-electron chi connectivity index (χ4n) is 2.29. The number of anilines is 1. The summed E-state index contributed by atoms with van der Waals surface area (Å²) in [6, 6.07) is 11.3. The molecule has 0 aliphatic rings. The monoisotopic (exact) mass is 283 g/mol. The lowest BCUT2D eigenvalue weighted by atomic mass is 10.1. The van der Waals surface area contributed by atoms with Gasteiger partial charge in [0.05, 0.1) is 11.7 Å². The molecule has 1 aromatic heterocycles. The molecule has 0 bridgehead atoms.